The fourth-order valence-corrected chi connectivity index (χ4v) is 3.13. The van der Waals surface area contributed by atoms with Crippen LogP contribution in [0.1, 0.15) is 5.56 Å². The molecular formula is C19H13ClN4O2. The van der Waals surface area contributed by atoms with E-state index in [1.54, 1.807) is 30.1 Å². The van der Waals surface area contributed by atoms with Gasteiger partial charge in [0.15, 0.2) is 6.61 Å². The molecule has 1 aromatic heterocycles. The topological polar surface area (TPSA) is 78.2 Å². The standard InChI is InChI=1S/C19H13ClN4O2/c1-24-15-6-5-12(7-16(15)26-10-17(24)25)23-18-11(8-21)9-22-19-13(18)3-2-4-14(19)20/h2-7,9H,10H2,1H3,(H,22,23). The molecule has 1 amide bonds. The van der Waals surface area contributed by atoms with Crippen molar-refractivity contribution >= 4 is 45.5 Å². The molecule has 0 fully saturated rings. The molecule has 0 unspecified atom stereocenters. The number of nitriles is 1. The number of fused-ring (bicyclic) bond motifs is 2. The van der Waals surface area contributed by atoms with E-state index in [2.05, 4.69) is 16.4 Å². The van der Waals surface area contributed by atoms with Crippen molar-refractivity contribution in [1.29, 1.82) is 5.26 Å². The third kappa shape index (κ3) is 2.59. The fraction of sp³-hybridized carbons (Fsp3) is 0.105. The van der Waals surface area contributed by atoms with Gasteiger partial charge >= 0.3 is 0 Å². The van der Waals surface area contributed by atoms with Crippen LogP contribution < -0.4 is 15.0 Å². The third-order valence-electron chi connectivity index (χ3n) is 4.28. The van der Waals surface area contributed by atoms with Crippen LogP contribution >= 0.6 is 11.6 Å². The van der Waals surface area contributed by atoms with E-state index in [9.17, 15) is 10.1 Å². The highest BCUT2D eigenvalue weighted by atomic mass is 35.5. The Morgan fingerprint density at radius 2 is 2.19 bits per heavy atom. The molecule has 0 saturated heterocycles. The number of likely N-dealkylation sites (N-methyl/N-ethyl adjacent to an activating group) is 1. The van der Waals surface area contributed by atoms with Crippen LogP contribution in [0.15, 0.2) is 42.6 Å². The molecule has 1 aliphatic heterocycles. The van der Waals surface area contributed by atoms with E-state index in [-0.39, 0.29) is 12.5 Å². The zero-order valence-electron chi connectivity index (χ0n) is 13.8. The van der Waals surface area contributed by atoms with Gasteiger partial charge in [-0.3, -0.25) is 9.78 Å². The van der Waals surface area contributed by atoms with Crippen molar-refractivity contribution in [1.82, 2.24) is 4.98 Å². The van der Waals surface area contributed by atoms with E-state index in [0.29, 0.717) is 33.2 Å². The Morgan fingerprint density at radius 3 is 3.00 bits per heavy atom. The highest BCUT2D eigenvalue weighted by Gasteiger charge is 2.22. The molecule has 0 aliphatic carbocycles. The van der Waals surface area contributed by atoms with Gasteiger partial charge in [-0.25, -0.2) is 0 Å². The van der Waals surface area contributed by atoms with Gasteiger partial charge in [-0.2, -0.15) is 5.26 Å². The number of hydrogen-bond donors (Lipinski definition) is 1. The summed E-state index contributed by atoms with van der Waals surface area (Å²) in [7, 11) is 1.71. The van der Waals surface area contributed by atoms with E-state index in [4.69, 9.17) is 16.3 Å². The van der Waals surface area contributed by atoms with Gasteiger partial charge in [0.2, 0.25) is 0 Å². The average Bonchev–Trinajstić information content (AvgIpc) is 2.65. The molecule has 0 saturated carbocycles. The summed E-state index contributed by atoms with van der Waals surface area (Å²) in [5.74, 6) is 0.506. The number of benzene rings is 2. The van der Waals surface area contributed by atoms with Crippen molar-refractivity contribution < 1.29 is 9.53 Å². The van der Waals surface area contributed by atoms with E-state index < -0.39 is 0 Å². The minimum Gasteiger partial charge on any atom is -0.481 e. The second-order valence-electron chi connectivity index (χ2n) is 5.84. The smallest absolute Gasteiger partial charge is 0.264 e. The normalized spacial score (nSPS) is 13.1. The molecule has 0 bridgehead atoms. The maximum atomic E-state index is 11.7. The van der Waals surface area contributed by atoms with Crippen LogP contribution in [0.5, 0.6) is 5.75 Å². The highest BCUT2D eigenvalue weighted by Crippen LogP contribution is 2.37. The predicted molar refractivity (Wildman–Crippen MR) is 100 cm³/mol. The van der Waals surface area contributed by atoms with Gasteiger partial charge in [-0.1, -0.05) is 23.7 Å². The number of carbonyl (C=O) groups is 1. The lowest BCUT2D eigenvalue weighted by atomic mass is 10.1. The monoisotopic (exact) mass is 364 g/mol. The van der Waals surface area contributed by atoms with Gasteiger partial charge < -0.3 is 15.0 Å². The molecule has 2 heterocycles. The summed E-state index contributed by atoms with van der Waals surface area (Å²) in [6.07, 6.45) is 1.50. The number of aromatic nitrogens is 1. The fourth-order valence-electron chi connectivity index (χ4n) is 2.91. The number of nitrogens with one attached hydrogen (secondary N) is 1. The summed E-state index contributed by atoms with van der Waals surface area (Å²) >= 11 is 6.22. The second kappa shape index (κ2) is 6.21. The number of pyridine rings is 1. The molecule has 6 nitrogen and oxygen atoms in total. The van der Waals surface area contributed by atoms with Gasteiger partial charge in [0.1, 0.15) is 11.8 Å². The molecule has 0 radical (unpaired) electrons. The lowest BCUT2D eigenvalue weighted by Crippen LogP contribution is -2.35. The Bertz CT molecular complexity index is 1090. The number of hydrogen-bond acceptors (Lipinski definition) is 5. The Labute approximate surface area is 154 Å². The number of anilines is 3. The van der Waals surface area contributed by atoms with Gasteiger partial charge in [0, 0.05) is 30.4 Å². The number of ether oxygens (including phenoxy) is 1. The van der Waals surface area contributed by atoms with Crippen LogP contribution in [0.4, 0.5) is 17.1 Å². The molecule has 0 spiro atoms. The van der Waals surface area contributed by atoms with Crippen molar-refractivity contribution in [2.45, 2.75) is 0 Å². The minimum absolute atomic E-state index is 0.00416. The van der Waals surface area contributed by atoms with Crippen molar-refractivity contribution in [3.63, 3.8) is 0 Å². The van der Waals surface area contributed by atoms with Crippen LogP contribution in [0, 0.1) is 11.3 Å². The molecule has 1 N–H and O–H groups in total. The van der Waals surface area contributed by atoms with Crippen LogP contribution in [0.3, 0.4) is 0 Å². The first kappa shape index (κ1) is 16.2. The van der Waals surface area contributed by atoms with Crippen LogP contribution in [-0.2, 0) is 4.79 Å². The SMILES string of the molecule is CN1C(=O)COc2cc(Nc3c(C#N)cnc4c(Cl)cccc34)ccc21. The van der Waals surface area contributed by atoms with Crippen LogP contribution in [-0.4, -0.2) is 24.5 Å². The predicted octanol–water partition coefficient (Wildman–Crippen LogP) is 3.86. The number of halogens is 1. The molecule has 2 aromatic carbocycles. The largest absolute Gasteiger partial charge is 0.481 e. The number of para-hydroxylation sites is 1. The molecule has 26 heavy (non-hydrogen) atoms. The lowest BCUT2D eigenvalue weighted by Gasteiger charge is -2.26. The zero-order valence-corrected chi connectivity index (χ0v) is 14.5. The van der Waals surface area contributed by atoms with E-state index in [1.807, 2.05) is 18.2 Å². The van der Waals surface area contributed by atoms with Gasteiger partial charge in [-0.05, 0) is 18.2 Å². The van der Waals surface area contributed by atoms with E-state index in [0.717, 1.165) is 11.1 Å². The Balaban J connectivity index is 1.80. The van der Waals surface area contributed by atoms with E-state index in [1.165, 1.54) is 6.20 Å². The second-order valence-corrected chi connectivity index (χ2v) is 6.25. The first-order valence-electron chi connectivity index (χ1n) is 7.86. The van der Waals surface area contributed by atoms with Crippen molar-refractivity contribution in [2.24, 2.45) is 0 Å². The maximum Gasteiger partial charge on any atom is 0.264 e. The van der Waals surface area contributed by atoms with Crippen molar-refractivity contribution in [3.8, 4) is 11.8 Å². The highest BCUT2D eigenvalue weighted by molar-refractivity contribution is 6.35. The Kier molecular flexibility index (Phi) is 3.86. The molecule has 4 rings (SSSR count). The summed E-state index contributed by atoms with van der Waals surface area (Å²) in [5.41, 5.74) is 3.09. The molecule has 128 valence electrons. The van der Waals surface area contributed by atoms with Crippen LogP contribution in [0.2, 0.25) is 5.02 Å². The maximum absolute atomic E-state index is 11.7. The van der Waals surface area contributed by atoms with Crippen molar-refractivity contribution in [2.75, 3.05) is 23.9 Å². The minimum atomic E-state index is -0.0975. The summed E-state index contributed by atoms with van der Waals surface area (Å²) in [6, 6.07) is 13.0. The summed E-state index contributed by atoms with van der Waals surface area (Å²) in [5, 5.41) is 14.0. The molecule has 1 aliphatic rings. The number of carbonyl (C=O) groups excluding carboxylic acids is 1. The Morgan fingerprint density at radius 1 is 1.35 bits per heavy atom. The quantitative estimate of drug-likeness (QED) is 0.747. The van der Waals surface area contributed by atoms with Crippen LogP contribution in [0.25, 0.3) is 10.9 Å². The zero-order chi connectivity index (χ0) is 18.3. The Hall–Kier alpha value is -3.30. The average molecular weight is 365 g/mol. The number of rotatable bonds is 2. The molecular weight excluding hydrogens is 352 g/mol. The first-order chi connectivity index (χ1) is 12.6. The van der Waals surface area contributed by atoms with Crippen molar-refractivity contribution in [3.05, 3.63) is 53.2 Å². The first-order valence-corrected chi connectivity index (χ1v) is 8.24. The summed E-state index contributed by atoms with van der Waals surface area (Å²) in [4.78, 5) is 17.6. The van der Waals surface area contributed by atoms with E-state index >= 15 is 0 Å². The summed E-state index contributed by atoms with van der Waals surface area (Å²) < 4.78 is 5.52. The lowest BCUT2D eigenvalue weighted by molar-refractivity contribution is -0.120. The molecule has 0 atom stereocenters. The number of nitrogens with zero attached hydrogens (tertiary/aromatic N) is 3. The molecule has 7 heteroatoms. The molecule has 3 aromatic rings. The third-order valence-corrected chi connectivity index (χ3v) is 4.59. The van der Waals surface area contributed by atoms with Gasteiger partial charge in [0.05, 0.1) is 27.5 Å². The van der Waals surface area contributed by atoms with Gasteiger partial charge in [-0.15, -0.1) is 0 Å². The van der Waals surface area contributed by atoms with Gasteiger partial charge in [0.25, 0.3) is 5.91 Å². The number of amides is 1. The summed E-state index contributed by atoms with van der Waals surface area (Å²) in [6.45, 7) is 0.00416.